The van der Waals surface area contributed by atoms with Gasteiger partial charge in [-0.25, -0.2) is 36.6 Å². The number of nitrogens with zero attached hydrogens (tertiary/aromatic N) is 4. The molecule has 29 heavy (non-hydrogen) atoms. The molecule has 3 rings (SSSR count). The van der Waals surface area contributed by atoms with Gasteiger partial charge in [0, 0.05) is 24.8 Å². The minimum Gasteiger partial charge on any atom is -0.369 e. The molecule has 0 spiro atoms. The third-order valence-corrected chi connectivity index (χ3v) is 5.47. The predicted molar refractivity (Wildman–Crippen MR) is 103 cm³/mol. The molecule has 2 aromatic heterocycles. The van der Waals surface area contributed by atoms with Gasteiger partial charge in [-0.3, -0.25) is 0 Å². The maximum Gasteiger partial charge on any atom is 0.246 e. The SMILES string of the molecule is Cc1cc(C)n(-c2cc(NCCNS(=O)(=O)c3c(F)cccc3F)nc(C)n2)n1. The van der Waals surface area contributed by atoms with E-state index in [1.807, 2.05) is 19.9 Å². The van der Waals surface area contributed by atoms with Crippen molar-refractivity contribution in [2.24, 2.45) is 0 Å². The number of aromatic nitrogens is 4. The molecule has 0 fully saturated rings. The van der Waals surface area contributed by atoms with Crippen LogP contribution in [0.2, 0.25) is 0 Å². The maximum absolute atomic E-state index is 13.7. The van der Waals surface area contributed by atoms with Crippen molar-refractivity contribution in [3.63, 3.8) is 0 Å². The van der Waals surface area contributed by atoms with E-state index in [9.17, 15) is 17.2 Å². The van der Waals surface area contributed by atoms with Gasteiger partial charge in [0.05, 0.1) is 5.69 Å². The third-order valence-electron chi connectivity index (χ3n) is 3.96. The zero-order chi connectivity index (χ0) is 21.2. The highest BCUT2D eigenvalue weighted by molar-refractivity contribution is 7.89. The second-order valence-electron chi connectivity index (χ2n) is 6.37. The Bertz CT molecular complexity index is 1130. The number of sulfonamides is 1. The van der Waals surface area contributed by atoms with Crippen LogP contribution in [0.4, 0.5) is 14.6 Å². The van der Waals surface area contributed by atoms with Gasteiger partial charge in [0.25, 0.3) is 0 Å². The minimum absolute atomic E-state index is 0.103. The summed E-state index contributed by atoms with van der Waals surface area (Å²) in [4.78, 5) is 7.62. The van der Waals surface area contributed by atoms with Crippen LogP contribution >= 0.6 is 0 Å². The number of aryl methyl sites for hydroxylation is 3. The van der Waals surface area contributed by atoms with Crippen LogP contribution in [0.25, 0.3) is 5.82 Å². The summed E-state index contributed by atoms with van der Waals surface area (Å²) >= 11 is 0. The van der Waals surface area contributed by atoms with E-state index in [4.69, 9.17) is 0 Å². The molecule has 0 atom stereocenters. The van der Waals surface area contributed by atoms with Crippen LogP contribution in [0.3, 0.4) is 0 Å². The summed E-state index contributed by atoms with van der Waals surface area (Å²) in [6.45, 7) is 5.54. The molecule has 8 nitrogen and oxygen atoms in total. The Hall–Kier alpha value is -2.92. The molecule has 0 amide bonds. The first-order valence-corrected chi connectivity index (χ1v) is 10.2. The Balaban J connectivity index is 1.67. The molecule has 2 heterocycles. The van der Waals surface area contributed by atoms with Crippen LogP contribution in [0, 0.1) is 32.4 Å². The quantitative estimate of drug-likeness (QED) is 0.567. The van der Waals surface area contributed by atoms with Gasteiger partial charge < -0.3 is 5.32 Å². The van der Waals surface area contributed by atoms with E-state index in [-0.39, 0.29) is 13.1 Å². The van der Waals surface area contributed by atoms with E-state index in [2.05, 4.69) is 25.1 Å². The second kappa shape index (κ2) is 8.21. The zero-order valence-corrected chi connectivity index (χ0v) is 16.9. The van der Waals surface area contributed by atoms with Crippen molar-refractivity contribution in [1.82, 2.24) is 24.5 Å². The maximum atomic E-state index is 13.7. The van der Waals surface area contributed by atoms with Gasteiger partial charge in [0.2, 0.25) is 10.0 Å². The lowest BCUT2D eigenvalue weighted by atomic mass is 10.3. The number of halogens is 2. The number of anilines is 1. The molecular weight excluding hydrogens is 402 g/mol. The fraction of sp³-hybridized carbons (Fsp3) is 0.278. The fourth-order valence-corrected chi connectivity index (χ4v) is 3.96. The van der Waals surface area contributed by atoms with Crippen LogP contribution in [-0.4, -0.2) is 41.3 Å². The van der Waals surface area contributed by atoms with Gasteiger partial charge >= 0.3 is 0 Å². The first-order chi connectivity index (χ1) is 13.7. The molecule has 1 aromatic carbocycles. The monoisotopic (exact) mass is 422 g/mol. The molecule has 11 heteroatoms. The molecule has 0 unspecified atom stereocenters. The van der Waals surface area contributed by atoms with Crippen LogP contribution in [0.15, 0.2) is 35.2 Å². The summed E-state index contributed by atoms with van der Waals surface area (Å²) in [7, 11) is -4.33. The molecule has 0 aliphatic rings. The standard InChI is InChI=1S/C18H20F2N6O2S/c1-11-9-12(2)26(25-11)17-10-16(23-13(3)24-17)21-7-8-22-29(27,28)18-14(19)5-4-6-15(18)20/h4-6,9-10,22H,7-8H2,1-3H3,(H,21,23,24). The van der Waals surface area contributed by atoms with Crippen LogP contribution in [0.1, 0.15) is 17.2 Å². The van der Waals surface area contributed by atoms with Crippen molar-refractivity contribution >= 4 is 15.8 Å². The molecule has 0 aliphatic heterocycles. The molecule has 0 radical (unpaired) electrons. The van der Waals surface area contributed by atoms with Crippen LogP contribution in [-0.2, 0) is 10.0 Å². The highest BCUT2D eigenvalue weighted by Gasteiger charge is 2.23. The number of hydrogen-bond donors (Lipinski definition) is 2. The summed E-state index contributed by atoms with van der Waals surface area (Å²) in [6.07, 6.45) is 0. The summed E-state index contributed by atoms with van der Waals surface area (Å²) in [6, 6.07) is 6.47. The van der Waals surface area contributed by atoms with Gasteiger partial charge in [-0.2, -0.15) is 5.10 Å². The van der Waals surface area contributed by atoms with E-state index >= 15 is 0 Å². The first-order valence-electron chi connectivity index (χ1n) is 8.74. The number of rotatable bonds is 7. The number of nitrogens with one attached hydrogen (secondary N) is 2. The minimum atomic E-state index is -4.33. The van der Waals surface area contributed by atoms with Gasteiger partial charge in [-0.1, -0.05) is 6.07 Å². The molecular formula is C18H20F2N6O2S. The van der Waals surface area contributed by atoms with Crippen LogP contribution in [0.5, 0.6) is 0 Å². The highest BCUT2D eigenvalue weighted by atomic mass is 32.2. The second-order valence-corrected chi connectivity index (χ2v) is 8.08. The Morgan fingerprint density at radius 1 is 1.03 bits per heavy atom. The van der Waals surface area contributed by atoms with Crippen molar-refractivity contribution in [3.8, 4) is 5.82 Å². The number of benzene rings is 1. The molecule has 154 valence electrons. The fourth-order valence-electron chi connectivity index (χ4n) is 2.80. The van der Waals surface area contributed by atoms with E-state index in [1.54, 1.807) is 17.7 Å². The van der Waals surface area contributed by atoms with Crippen molar-refractivity contribution in [3.05, 3.63) is 59.2 Å². The van der Waals surface area contributed by atoms with Gasteiger partial charge in [0.15, 0.2) is 10.7 Å². The molecule has 3 aromatic rings. The molecule has 0 saturated heterocycles. The first kappa shape index (κ1) is 20.8. The molecule has 0 saturated carbocycles. The lowest BCUT2D eigenvalue weighted by Crippen LogP contribution is -2.30. The summed E-state index contributed by atoms with van der Waals surface area (Å²) in [5.74, 6) is -0.750. The molecule has 0 bridgehead atoms. The average Bonchev–Trinajstić information content (AvgIpc) is 2.96. The molecule has 0 aliphatic carbocycles. The Morgan fingerprint density at radius 2 is 1.72 bits per heavy atom. The smallest absolute Gasteiger partial charge is 0.246 e. The highest BCUT2D eigenvalue weighted by Crippen LogP contribution is 2.18. The zero-order valence-electron chi connectivity index (χ0n) is 16.1. The lowest BCUT2D eigenvalue weighted by molar-refractivity contribution is 0.514. The van der Waals surface area contributed by atoms with Crippen molar-refractivity contribution in [1.29, 1.82) is 0 Å². The average molecular weight is 422 g/mol. The lowest BCUT2D eigenvalue weighted by Gasteiger charge is -2.11. The summed E-state index contributed by atoms with van der Waals surface area (Å²) < 4.78 is 55.6. The van der Waals surface area contributed by atoms with Gasteiger partial charge in [-0.05, 0) is 39.0 Å². The van der Waals surface area contributed by atoms with Crippen molar-refractivity contribution < 1.29 is 17.2 Å². The van der Waals surface area contributed by atoms with E-state index < -0.39 is 26.6 Å². The Labute approximate surface area is 167 Å². The summed E-state index contributed by atoms with van der Waals surface area (Å²) in [5.41, 5.74) is 1.76. The third kappa shape index (κ3) is 4.74. The van der Waals surface area contributed by atoms with Crippen LogP contribution < -0.4 is 10.0 Å². The number of hydrogen-bond acceptors (Lipinski definition) is 6. The topological polar surface area (TPSA) is 102 Å². The van der Waals surface area contributed by atoms with Crippen molar-refractivity contribution in [2.75, 3.05) is 18.4 Å². The predicted octanol–water partition coefficient (Wildman–Crippen LogP) is 2.26. The van der Waals surface area contributed by atoms with E-state index in [0.29, 0.717) is 17.5 Å². The Morgan fingerprint density at radius 3 is 2.34 bits per heavy atom. The Kier molecular flexibility index (Phi) is 5.89. The van der Waals surface area contributed by atoms with Gasteiger partial charge in [-0.15, -0.1) is 0 Å². The van der Waals surface area contributed by atoms with Gasteiger partial charge in [0.1, 0.15) is 23.3 Å². The van der Waals surface area contributed by atoms with E-state index in [1.165, 1.54) is 0 Å². The van der Waals surface area contributed by atoms with Crippen molar-refractivity contribution in [2.45, 2.75) is 25.7 Å². The van der Waals surface area contributed by atoms with E-state index in [0.717, 1.165) is 29.6 Å². The molecule has 2 N–H and O–H groups in total. The largest absolute Gasteiger partial charge is 0.369 e. The normalized spacial score (nSPS) is 11.6. The summed E-state index contributed by atoms with van der Waals surface area (Å²) in [5, 5.41) is 7.35.